The van der Waals surface area contributed by atoms with Crippen LogP contribution >= 0.6 is 0 Å². The topological polar surface area (TPSA) is 57.0 Å². The second-order valence-electron chi connectivity index (χ2n) is 5.54. The first-order valence-electron chi connectivity index (χ1n) is 7.00. The lowest BCUT2D eigenvalue weighted by Crippen LogP contribution is -2.15. The van der Waals surface area contributed by atoms with Gasteiger partial charge in [0.2, 0.25) is 0 Å². The molecular weight excluding hydrogens is 242 g/mol. The molecule has 0 aliphatic rings. The number of nitrogens with zero attached hydrogens (tertiary/aromatic N) is 3. The summed E-state index contributed by atoms with van der Waals surface area (Å²) in [6.07, 6.45) is 2.89. The predicted octanol–water partition coefficient (Wildman–Crippen LogP) is 2.70. The molecule has 0 aliphatic carbocycles. The Balaban J connectivity index is 2.88. The molecule has 0 saturated carbocycles. The summed E-state index contributed by atoms with van der Waals surface area (Å²) in [5.41, 5.74) is 1.26. The normalized spacial score (nSPS) is 12.7. The number of ether oxygens (including phenoxy) is 1. The molecule has 0 aliphatic heterocycles. The molecule has 19 heavy (non-hydrogen) atoms. The van der Waals surface area contributed by atoms with Crippen LogP contribution in [0.3, 0.4) is 0 Å². The molecule has 0 bridgehead atoms. The molecule has 1 rings (SSSR count). The van der Waals surface area contributed by atoms with Crippen molar-refractivity contribution in [1.29, 1.82) is 0 Å². The molecule has 0 fully saturated rings. The van der Waals surface area contributed by atoms with E-state index in [9.17, 15) is 4.79 Å². The van der Waals surface area contributed by atoms with Crippen LogP contribution < -0.4 is 0 Å². The third-order valence-corrected chi connectivity index (χ3v) is 3.06. The summed E-state index contributed by atoms with van der Waals surface area (Å²) in [4.78, 5) is 11.6. The lowest BCUT2D eigenvalue weighted by Gasteiger charge is -2.15. The Morgan fingerprint density at radius 2 is 2.05 bits per heavy atom. The molecule has 0 spiro atoms. The van der Waals surface area contributed by atoms with Crippen LogP contribution in [-0.2, 0) is 17.7 Å². The molecule has 1 unspecified atom stereocenters. The summed E-state index contributed by atoms with van der Waals surface area (Å²) in [6, 6.07) is 0. The molecule has 0 aromatic carbocycles. The zero-order valence-electron chi connectivity index (χ0n) is 12.6. The smallest absolute Gasteiger partial charge is 0.360 e. The van der Waals surface area contributed by atoms with E-state index in [1.165, 1.54) is 7.11 Å². The number of rotatable bonds is 7. The van der Waals surface area contributed by atoms with E-state index in [1.54, 1.807) is 0 Å². The molecular formula is C14H25N3O2. The average molecular weight is 267 g/mol. The van der Waals surface area contributed by atoms with Crippen molar-refractivity contribution in [1.82, 2.24) is 15.0 Å². The van der Waals surface area contributed by atoms with Crippen molar-refractivity contribution in [2.45, 2.75) is 53.5 Å². The summed E-state index contributed by atoms with van der Waals surface area (Å²) in [5.74, 6) is 0.780. The quantitative estimate of drug-likeness (QED) is 0.713. The monoisotopic (exact) mass is 267 g/mol. The molecule has 5 nitrogen and oxygen atoms in total. The number of carbonyl (C=O) groups is 1. The molecule has 5 heteroatoms. The van der Waals surface area contributed by atoms with Gasteiger partial charge in [0, 0.05) is 6.54 Å². The fourth-order valence-electron chi connectivity index (χ4n) is 2.39. The minimum absolute atomic E-state index is 0.362. The highest BCUT2D eigenvalue weighted by Gasteiger charge is 2.20. The van der Waals surface area contributed by atoms with Crippen molar-refractivity contribution in [2.24, 2.45) is 11.8 Å². The van der Waals surface area contributed by atoms with Gasteiger partial charge in [-0.1, -0.05) is 39.3 Å². The fourth-order valence-corrected chi connectivity index (χ4v) is 2.39. The fraction of sp³-hybridized carbons (Fsp3) is 0.786. The van der Waals surface area contributed by atoms with Gasteiger partial charge in [0.15, 0.2) is 5.69 Å². The van der Waals surface area contributed by atoms with Crippen molar-refractivity contribution < 1.29 is 9.53 Å². The molecule has 1 aromatic heterocycles. The second kappa shape index (κ2) is 7.26. The van der Waals surface area contributed by atoms with Gasteiger partial charge in [-0.25, -0.2) is 9.48 Å². The summed E-state index contributed by atoms with van der Waals surface area (Å²) in [6.45, 7) is 9.51. The van der Waals surface area contributed by atoms with Crippen LogP contribution in [0.4, 0.5) is 0 Å². The Morgan fingerprint density at radius 3 is 2.58 bits per heavy atom. The van der Waals surface area contributed by atoms with Crippen molar-refractivity contribution in [3.63, 3.8) is 0 Å². The molecule has 108 valence electrons. The van der Waals surface area contributed by atoms with Crippen LogP contribution in [0.15, 0.2) is 0 Å². The molecule has 1 aromatic rings. The Bertz CT molecular complexity index is 413. The van der Waals surface area contributed by atoms with Gasteiger partial charge < -0.3 is 4.74 Å². The first kappa shape index (κ1) is 15.7. The number of carbonyl (C=O) groups excluding carboxylic acids is 1. The second-order valence-corrected chi connectivity index (χ2v) is 5.54. The van der Waals surface area contributed by atoms with Crippen LogP contribution in [0, 0.1) is 11.8 Å². The highest BCUT2D eigenvalue weighted by atomic mass is 16.5. The van der Waals surface area contributed by atoms with E-state index in [0.717, 1.165) is 31.5 Å². The van der Waals surface area contributed by atoms with Gasteiger partial charge in [-0.05, 0) is 24.7 Å². The van der Waals surface area contributed by atoms with Crippen LogP contribution in [0.25, 0.3) is 0 Å². The van der Waals surface area contributed by atoms with E-state index in [-0.39, 0.29) is 0 Å². The molecule has 1 atom stereocenters. The molecule has 0 radical (unpaired) electrons. The van der Waals surface area contributed by atoms with E-state index in [2.05, 4.69) is 38.0 Å². The number of hydrogen-bond donors (Lipinski definition) is 0. The third kappa shape index (κ3) is 4.33. The SMILES string of the molecule is CCCc1c(C(=O)OC)nnn1CC(C)CC(C)C. The zero-order chi connectivity index (χ0) is 14.4. The minimum atomic E-state index is -0.397. The van der Waals surface area contributed by atoms with Gasteiger partial charge in [0.05, 0.1) is 12.8 Å². The summed E-state index contributed by atoms with van der Waals surface area (Å²) in [5, 5.41) is 8.09. The van der Waals surface area contributed by atoms with E-state index in [0.29, 0.717) is 17.5 Å². The van der Waals surface area contributed by atoms with Crippen LogP contribution in [0.5, 0.6) is 0 Å². The predicted molar refractivity (Wildman–Crippen MR) is 74.0 cm³/mol. The first-order chi connectivity index (χ1) is 8.99. The Morgan fingerprint density at radius 1 is 1.37 bits per heavy atom. The van der Waals surface area contributed by atoms with Gasteiger partial charge in [-0.15, -0.1) is 5.10 Å². The third-order valence-electron chi connectivity index (χ3n) is 3.06. The summed E-state index contributed by atoms with van der Waals surface area (Å²) in [7, 11) is 1.37. The van der Waals surface area contributed by atoms with Crippen LogP contribution in [-0.4, -0.2) is 28.1 Å². The largest absolute Gasteiger partial charge is 0.464 e. The Kier molecular flexibility index (Phi) is 5.99. The van der Waals surface area contributed by atoms with E-state index >= 15 is 0 Å². The lowest BCUT2D eigenvalue weighted by atomic mass is 9.99. The Hall–Kier alpha value is -1.39. The average Bonchev–Trinajstić information content (AvgIpc) is 2.71. The molecule has 0 amide bonds. The van der Waals surface area contributed by atoms with Gasteiger partial charge in [-0.2, -0.15) is 0 Å². The maximum atomic E-state index is 11.6. The van der Waals surface area contributed by atoms with Crippen LogP contribution in [0.1, 0.15) is 56.7 Å². The number of methoxy groups -OCH3 is 1. The van der Waals surface area contributed by atoms with Gasteiger partial charge >= 0.3 is 5.97 Å². The van der Waals surface area contributed by atoms with E-state index in [1.807, 2.05) is 4.68 Å². The molecule has 0 N–H and O–H groups in total. The van der Waals surface area contributed by atoms with Crippen LogP contribution in [0.2, 0.25) is 0 Å². The minimum Gasteiger partial charge on any atom is -0.464 e. The summed E-state index contributed by atoms with van der Waals surface area (Å²) < 4.78 is 6.62. The number of aromatic nitrogens is 3. The molecule has 1 heterocycles. The number of hydrogen-bond acceptors (Lipinski definition) is 4. The molecule has 0 saturated heterocycles. The lowest BCUT2D eigenvalue weighted by molar-refractivity contribution is 0.0592. The first-order valence-corrected chi connectivity index (χ1v) is 7.00. The van der Waals surface area contributed by atoms with Gasteiger partial charge in [0.25, 0.3) is 0 Å². The van der Waals surface area contributed by atoms with E-state index in [4.69, 9.17) is 4.74 Å². The van der Waals surface area contributed by atoms with Gasteiger partial charge in [-0.3, -0.25) is 0 Å². The zero-order valence-corrected chi connectivity index (χ0v) is 12.6. The van der Waals surface area contributed by atoms with Crippen molar-refractivity contribution in [3.05, 3.63) is 11.4 Å². The maximum absolute atomic E-state index is 11.6. The number of esters is 1. The summed E-state index contributed by atoms with van der Waals surface area (Å²) >= 11 is 0. The highest BCUT2D eigenvalue weighted by molar-refractivity contribution is 5.88. The Labute approximate surface area is 115 Å². The van der Waals surface area contributed by atoms with E-state index < -0.39 is 5.97 Å². The maximum Gasteiger partial charge on any atom is 0.360 e. The van der Waals surface area contributed by atoms with Gasteiger partial charge in [0.1, 0.15) is 0 Å². The highest BCUT2D eigenvalue weighted by Crippen LogP contribution is 2.16. The standard InChI is InChI=1S/C14H25N3O2/c1-6-7-12-13(14(18)19-5)15-16-17(12)9-11(4)8-10(2)3/h10-11H,6-9H2,1-5H3. The van der Waals surface area contributed by atoms with Crippen molar-refractivity contribution >= 4 is 5.97 Å². The van der Waals surface area contributed by atoms with Crippen molar-refractivity contribution in [2.75, 3.05) is 7.11 Å². The van der Waals surface area contributed by atoms with Crippen molar-refractivity contribution in [3.8, 4) is 0 Å².